The Kier molecular flexibility index (Phi) is 6.18. The van der Waals surface area contributed by atoms with E-state index in [9.17, 15) is 14.4 Å². The number of carbonyl (C=O) groups is 3. The Morgan fingerprint density at radius 3 is 2.45 bits per heavy atom. The normalized spacial score (nSPS) is 16.4. The third-order valence-electron chi connectivity index (χ3n) is 5.59. The monoisotopic (exact) mass is 422 g/mol. The van der Waals surface area contributed by atoms with Gasteiger partial charge in [-0.1, -0.05) is 30.3 Å². The maximum Gasteiger partial charge on any atom is 0.324 e. The van der Waals surface area contributed by atoms with Crippen molar-refractivity contribution in [2.75, 3.05) is 44.8 Å². The lowest BCUT2D eigenvalue weighted by molar-refractivity contribution is -0.125. The van der Waals surface area contributed by atoms with Gasteiger partial charge in [0, 0.05) is 37.9 Å². The molecule has 0 atom stereocenters. The van der Waals surface area contributed by atoms with Crippen molar-refractivity contribution in [3.63, 3.8) is 0 Å². The van der Waals surface area contributed by atoms with Gasteiger partial charge in [-0.2, -0.15) is 0 Å². The van der Waals surface area contributed by atoms with Crippen LogP contribution in [0.1, 0.15) is 21.5 Å². The number of anilines is 1. The van der Waals surface area contributed by atoms with Crippen molar-refractivity contribution in [1.29, 1.82) is 0 Å². The molecule has 2 aliphatic rings. The van der Waals surface area contributed by atoms with Crippen molar-refractivity contribution in [3.05, 3.63) is 65.2 Å². The van der Waals surface area contributed by atoms with Crippen LogP contribution in [0.15, 0.2) is 48.5 Å². The number of carbonyl (C=O) groups excluding carboxylic acids is 3. The number of hydrogen-bond donors (Lipinski definition) is 1. The Balaban J connectivity index is 1.43. The number of nitrogens with zero attached hydrogens (tertiary/aromatic N) is 3. The molecule has 0 saturated carbocycles. The molecule has 2 aromatic carbocycles. The smallest absolute Gasteiger partial charge is 0.324 e. The predicted molar refractivity (Wildman–Crippen MR) is 116 cm³/mol. The summed E-state index contributed by atoms with van der Waals surface area (Å²) in [6.45, 7) is 3.77. The van der Waals surface area contributed by atoms with Crippen LogP contribution in [0.3, 0.4) is 0 Å². The van der Waals surface area contributed by atoms with Crippen molar-refractivity contribution >= 4 is 23.5 Å². The van der Waals surface area contributed by atoms with Gasteiger partial charge in [-0.25, -0.2) is 4.79 Å². The minimum Gasteiger partial charge on any atom is -0.378 e. The first-order valence-corrected chi connectivity index (χ1v) is 10.4. The topological polar surface area (TPSA) is 82.2 Å². The van der Waals surface area contributed by atoms with Crippen LogP contribution in [0.25, 0.3) is 0 Å². The van der Waals surface area contributed by atoms with E-state index in [2.05, 4.69) is 22.3 Å². The van der Waals surface area contributed by atoms with E-state index in [-0.39, 0.29) is 24.9 Å². The molecule has 0 radical (unpaired) electrons. The molecule has 2 aliphatic heterocycles. The van der Waals surface area contributed by atoms with Crippen LogP contribution in [0.4, 0.5) is 10.5 Å². The van der Waals surface area contributed by atoms with E-state index < -0.39 is 6.03 Å². The zero-order valence-corrected chi connectivity index (χ0v) is 17.5. The molecule has 8 nitrogen and oxygen atoms in total. The molecule has 0 aromatic heterocycles. The van der Waals surface area contributed by atoms with Crippen LogP contribution in [-0.4, -0.2) is 67.5 Å². The maximum atomic E-state index is 13.1. The predicted octanol–water partition coefficient (Wildman–Crippen LogP) is 1.85. The molecule has 2 aromatic rings. The number of rotatable bonds is 6. The van der Waals surface area contributed by atoms with Gasteiger partial charge in [0.1, 0.15) is 0 Å². The fraction of sp³-hybridized carbons (Fsp3) is 0.348. The summed E-state index contributed by atoms with van der Waals surface area (Å²) in [4.78, 5) is 42.0. The second kappa shape index (κ2) is 9.18. The highest BCUT2D eigenvalue weighted by Crippen LogP contribution is 2.19. The van der Waals surface area contributed by atoms with Gasteiger partial charge in [-0.3, -0.25) is 14.5 Å². The molecule has 0 unspecified atom stereocenters. The van der Waals surface area contributed by atoms with E-state index >= 15 is 0 Å². The number of hydrogen-bond acceptors (Lipinski definition) is 5. The largest absolute Gasteiger partial charge is 0.378 e. The van der Waals surface area contributed by atoms with Crippen molar-refractivity contribution in [2.45, 2.75) is 13.1 Å². The Bertz CT molecular complexity index is 954. The van der Waals surface area contributed by atoms with Crippen molar-refractivity contribution in [1.82, 2.24) is 15.1 Å². The van der Waals surface area contributed by atoms with E-state index in [1.807, 2.05) is 12.1 Å². The molecule has 2 fully saturated rings. The molecule has 0 spiro atoms. The van der Waals surface area contributed by atoms with Gasteiger partial charge in [0.25, 0.3) is 5.91 Å². The van der Waals surface area contributed by atoms with Crippen LogP contribution in [0.5, 0.6) is 0 Å². The summed E-state index contributed by atoms with van der Waals surface area (Å²) in [6.07, 6.45) is 0. The summed E-state index contributed by atoms with van der Waals surface area (Å²) in [5, 5.41) is 2.50. The molecular formula is C23H26N4O4. The number of urea groups is 1. The van der Waals surface area contributed by atoms with Gasteiger partial charge >= 0.3 is 6.03 Å². The third kappa shape index (κ3) is 4.69. The Hall–Kier alpha value is -3.39. The molecule has 8 heteroatoms. The zero-order valence-electron chi connectivity index (χ0n) is 17.5. The first kappa shape index (κ1) is 20.9. The quantitative estimate of drug-likeness (QED) is 0.719. The zero-order chi connectivity index (χ0) is 21.8. The number of amides is 4. The van der Waals surface area contributed by atoms with Gasteiger partial charge in [0.05, 0.1) is 26.3 Å². The van der Waals surface area contributed by atoms with Crippen molar-refractivity contribution < 1.29 is 19.1 Å². The van der Waals surface area contributed by atoms with Crippen LogP contribution >= 0.6 is 0 Å². The van der Waals surface area contributed by atoms with Gasteiger partial charge in [0.2, 0.25) is 5.91 Å². The highest BCUT2D eigenvalue weighted by molar-refractivity contribution is 6.02. The van der Waals surface area contributed by atoms with Crippen LogP contribution in [0.2, 0.25) is 0 Å². The van der Waals surface area contributed by atoms with Gasteiger partial charge in [0.15, 0.2) is 0 Å². The lowest BCUT2D eigenvalue weighted by Gasteiger charge is -2.29. The van der Waals surface area contributed by atoms with Crippen LogP contribution < -0.4 is 10.2 Å². The number of morpholine rings is 1. The van der Waals surface area contributed by atoms with Gasteiger partial charge < -0.3 is 19.9 Å². The van der Waals surface area contributed by atoms with E-state index in [4.69, 9.17) is 4.74 Å². The molecule has 0 bridgehead atoms. The van der Waals surface area contributed by atoms with E-state index in [1.165, 1.54) is 0 Å². The molecule has 2 saturated heterocycles. The number of imide groups is 1. The number of nitrogens with one attached hydrogen (secondary N) is 1. The highest BCUT2D eigenvalue weighted by Gasteiger charge is 2.29. The van der Waals surface area contributed by atoms with E-state index in [0.717, 1.165) is 42.5 Å². The molecule has 4 rings (SSSR count). The molecule has 4 amide bonds. The average molecular weight is 422 g/mol. The van der Waals surface area contributed by atoms with Crippen molar-refractivity contribution in [2.24, 2.45) is 0 Å². The summed E-state index contributed by atoms with van der Waals surface area (Å²) < 4.78 is 5.40. The molecule has 2 heterocycles. The van der Waals surface area contributed by atoms with E-state index in [1.54, 1.807) is 36.2 Å². The number of ether oxygens (including phenoxy) is 1. The Labute approximate surface area is 181 Å². The SMILES string of the molecule is CN(Cc1ccc(N2CCOCC2)cc1)C(=O)c1ccccc1CN1C(=O)CNC1=O. The van der Waals surface area contributed by atoms with Crippen LogP contribution in [0, 0.1) is 0 Å². The summed E-state index contributed by atoms with van der Waals surface area (Å²) in [6, 6.07) is 14.9. The molecule has 31 heavy (non-hydrogen) atoms. The van der Waals surface area contributed by atoms with E-state index in [0.29, 0.717) is 17.7 Å². The third-order valence-corrected chi connectivity index (χ3v) is 5.59. The lowest BCUT2D eigenvalue weighted by atomic mass is 10.1. The maximum absolute atomic E-state index is 13.1. The Morgan fingerprint density at radius 1 is 1.06 bits per heavy atom. The minimum atomic E-state index is -0.430. The minimum absolute atomic E-state index is 0.00467. The van der Waals surface area contributed by atoms with Crippen LogP contribution in [-0.2, 0) is 22.6 Å². The molecule has 0 aliphatic carbocycles. The molecular weight excluding hydrogens is 396 g/mol. The fourth-order valence-electron chi connectivity index (χ4n) is 3.84. The van der Waals surface area contributed by atoms with Crippen molar-refractivity contribution in [3.8, 4) is 0 Å². The summed E-state index contributed by atoms with van der Waals surface area (Å²) in [5.41, 5.74) is 3.31. The second-order valence-corrected chi connectivity index (χ2v) is 7.72. The second-order valence-electron chi connectivity index (χ2n) is 7.72. The van der Waals surface area contributed by atoms with Gasteiger partial charge in [-0.05, 0) is 29.3 Å². The summed E-state index contributed by atoms with van der Waals surface area (Å²) >= 11 is 0. The average Bonchev–Trinajstić information content (AvgIpc) is 3.12. The first-order valence-electron chi connectivity index (χ1n) is 10.4. The molecule has 1 N–H and O–H groups in total. The standard InChI is InChI=1S/C23H26N4O4/c1-25(15-17-6-8-19(9-7-17)26-10-12-31-13-11-26)22(29)20-5-3-2-4-18(20)16-27-21(28)14-24-23(27)30/h2-9H,10-16H2,1H3,(H,24,30). The Morgan fingerprint density at radius 2 is 1.77 bits per heavy atom. The lowest BCUT2D eigenvalue weighted by Crippen LogP contribution is -2.36. The number of benzene rings is 2. The van der Waals surface area contributed by atoms with Gasteiger partial charge in [-0.15, -0.1) is 0 Å². The highest BCUT2D eigenvalue weighted by atomic mass is 16.5. The molecule has 162 valence electrons. The fourth-order valence-corrected chi connectivity index (χ4v) is 3.84. The first-order chi connectivity index (χ1) is 15.0. The summed E-state index contributed by atoms with van der Waals surface area (Å²) in [5.74, 6) is -0.444. The summed E-state index contributed by atoms with van der Waals surface area (Å²) in [7, 11) is 1.75.